The number of nitrogens with zero attached hydrogens (tertiary/aromatic N) is 4. The number of pyridine rings is 1. The van der Waals surface area contributed by atoms with Crippen molar-refractivity contribution in [1.82, 2.24) is 19.7 Å². The van der Waals surface area contributed by atoms with Crippen LogP contribution in [0.4, 0.5) is 0 Å². The van der Waals surface area contributed by atoms with E-state index in [1.807, 2.05) is 0 Å². The molecular formula is C14H19ClN4O2. The molecule has 2 rings (SSSR count). The first-order valence-corrected chi connectivity index (χ1v) is 7.18. The Morgan fingerprint density at radius 1 is 1.29 bits per heavy atom. The quantitative estimate of drug-likeness (QED) is 0.819. The van der Waals surface area contributed by atoms with Gasteiger partial charge >= 0.3 is 0 Å². The summed E-state index contributed by atoms with van der Waals surface area (Å²) in [5, 5.41) is 0.503. The van der Waals surface area contributed by atoms with Gasteiger partial charge in [-0.05, 0) is 12.1 Å². The Balaban J connectivity index is 1.89. The van der Waals surface area contributed by atoms with E-state index in [-0.39, 0.29) is 11.8 Å². The van der Waals surface area contributed by atoms with Gasteiger partial charge in [0.2, 0.25) is 5.91 Å². The zero-order valence-electron chi connectivity index (χ0n) is 12.3. The van der Waals surface area contributed by atoms with Crippen molar-refractivity contribution in [2.45, 2.75) is 0 Å². The molecule has 0 saturated carbocycles. The van der Waals surface area contributed by atoms with Gasteiger partial charge in [-0.15, -0.1) is 0 Å². The van der Waals surface area contributed by atoms with Crippen LogP contribution in [-0.2, 0) is 4.79 Å². The van der Waals surface area contributed by atoms with Crippen molar-refractivity contribution in [3.63, 3.8) is 0 Å². The molecule has 1 aromatic heterocycles. The largest absolute Gasteiger partial charge is 0.348 e. The van der Waals surface area contributed by atoms with E-state index < -0.39 is 0 Å². The van der Waals surface area contributed by atoms with E-state index in [2.05, 4.69) is 9.88 Å². The summed E-state index contributed by atoms with van der Waals surface area (Å²) in [6.45, 7) is 2.95. The van der Waals surface area contributed by atoms with Gasteiger partial charge in [-0.25, -0.2) is 0 Å². The highest BCUT2D eigenvalue weighted by atomic mass is 35.5. The van der Waals surface area contributed by atoms with Gasteiger partial charge in [0.25, 0.3) is 5.91 Å². The summed E-state index contributed by atoms with van der Waals surface area (Å²) in [7, 11) is 3.49. The summed E-state index contributed by atoms with van der Waals surface area (Å²) < 4.78 is 0. The third kappa shape index (κ3) is 4.15. The van der Waals surface area contributed by atoms with Crippen molar-refractivity contribution in [2.75, 3.05) is 46.8 Å². The Bertz CT molecular complexity index is 527. The number of carbonyl (C=O) groups excluding carboxylic acids is 2. The van der Waals surface area contributed by atoms with Gasteiger partial charge in [0, 0.05) is 51.5 Å². The average Bonchev–Trinajstić information content (AvgIpc) is 2.47. The number of likely N-dealkylation sites (N-methyl/N-ethyl adjacent to an activating group) is 1. The molecule has 21 heavy (non-hydrogen) atoms. The molecule has 0 spiro atoms. The molecule has 0 bridgehead atoms. The molecule has 7 heteroatoms. The molecule has 1 aliphatic rings. The lowest BCUT2D eigenvalue weighted by Crippen LogP contribution is -2.51. The highest BCUT2D eigenvalue weighted by Crippen LogP contribution is 2.12. The van der Waals surface area contributed by atoms with Crippen LogP contribution in [0.1, 0.15) is 10.5 Å². The molecule has 114 valence electrons. The van der Waals surface area contributed by atoms with Crippen LogP contribution in [0.15, 0.2) is 18.3 Å². The molecule has 1 fully saturated rings. The molecule has 0 aliphatic carbocycles. The Hall–Kier alpha value is -1.66. The topological polar surface area (TPSA) is 56.8 Å². The van der Waals surface area contributed by atoms with Crippen molar-refractivity contribution < 1.29 is 9.59 Å². The second-order valence-electron chi connectivity index (χ2n) is 5.22. The van der Waals surface area contributed by atoms with E-state index >= 15 is 0 Å². The maximum atomic E-state index is 12.3. The minimum atomic E-state index is -0.115. The van der Waals surface area contributed by atoms with Crippen molar-refractivity contribution in [3.8, 4) is 0 Å². The molecule has 1 aromatic rings. The second-order valence-corrected chi connectivity index (χ2v) is 5.65. The monoisotopic (exact) mass is 310 g/mol. The number of aromatic nitrogens is 1. The standard InChI is InChI=1S/C14H19ClN4O2/c1-17(2)13(20)10-18-5-7-19(8-6-18)14(21)12-9-11(15)3-4-16-12/h3-4,9H,5-8,10H2,1-2H3. The van der Waals surface area contributed by atoms with E-state index in [9.17, 15) is 9.59 Å². The molecular weight excluding hydrogens is 292 g/mol. The van der Waals surface area contributed by atoms with Gasteiger partial charge in [-0.1, -0.05) is 11.6 Å². The number of piperazine rings is 1. The minimum absolute atomic E-state index is 0.0753. The summed E-state index contributed by atoms with van der Waals surface area (Å²) in [6.07, 6.45) is 1.53. The van der Waals surface area contributed by atoms with Gasteiger partial charge in [-0.2, -0.15) is 0 Å². The highest BCUT2D eigenvalue weighted by Gasteiger charge is 2.24. The first-order chi connectivity index (χ1) is 9.97. The molecule has 0 radical (unpaired) electrons. The number of halogens is 1. The maximum absolute atomic E-state index is 12.3. The molecule has 1 saturated heterocycles. The van der Waals surface area contributed by atoms with Crippen LogP contribution in [0.2, 0.25) is 5.02 Å². The fourth-order valence-corrected chi connectivity index (χ4v) is 2.29. The second kappa shape index (κ2) is 6.87. The van der Waals surface area contributed by atoms with Gasteiger partial charge in [0.1, 0.15) is 5.69 Å². The molecule has 0 unspecified atom stereocenters. The SMILES string of the molecule is CN(C)C(=O)CN1CCN(C(=O)c2cc(Cl)ccn2)CC1. The lowest BCUT2D eigenvalue weighted by molar-refractivity contribution is -0.130. The lowest BCUT2D eigenvalue weighted by Gasteiger charge is -2.34. The number of hydrogen-bond acceptors (Lipinski definition) is 4. The molecule has 0 N–H and O–H groups in total. The van der Waals surface area contributed by atoms with E-state index in [0.717, 1.165) is 0 Å². The van der Waals surface area contributed by atoms with Crippen molar-refractivity contribution in [3.05, 3.63) is 29.0 Å². The third-order valence-corrected chi connectivity index (χ3v) is 3.69. The van der Waals surface area contributed by atoms with Crippen molar-refractivity contribution >= 4 is 23.4 Å². The molecule has 1 aliphatic heterocycles. The summed E-state index contributed by atoms with van der Waals surface area (Å²) >= 11 is 5.88. The Labute approximate surface area is 129 Å². The molecule has 2 heterocycles. The van der Waals surface area contributed by atoms with E-state index in [1.165, 1.54) is 6.20 Å². The van der Waals surface area contributed by atoms with Crippen molar-refractivity contribution in [2.24, 2.45) is 0 Å². The van der Waals surface area contributed by atoms with Gasteiger partial charge in [-0.3, -0.25) is 19.5 Å². The van der Waals surface area contributed by atoms with Crippen LogP contribution in [0.5, 0.6) is 0 Å². The fourth-order valence-electron chi connectivity index (χ4n) is 2.13. The van der Waals surface area contributed by atoms with Crippen LogP contribution >= 0.6 is 11.6 Å². The molecule has 6 nitrogen and oxygen atoms in total. The first-order valence-electron chi connectivity index (χ1n) is 6.80. The summed E-state index contributed by atoms with van der Waals surface area (Å²) in [5.41, 5.74) is 0.361. The van der Waals surface area contributed by atoms with Gasteiger partial charge in [0.15, 0.2) is 0 Å². The minimum Gasteiger partial charge on any atom is -0.348 e. The van der Waals surface area contributed by atoms with Crippen LogP contribution in [0, 0.1) is 0 Å². The zero-order valence-corrected chi connectivity index (χ0v) is 13.0. The fraction of sp³-hybridized carbons (Fsp3) is 0.500. The molecule has 0 atom stereocenters. The van der Waals surface area contributed by atoms with E-state index in [1.54, 1.807) is 36.0 Å². The number of hydrogen-bond donors (Lipinski definition) is 0. The van der Waals surface area contributed by atoms with Gasteiger partial charge in [0.05, 0.1) is 6.54 Å². The first kappa shape index (κ1) is 15.7. The predicted octanol–water partition coefficient (Wildman–Crippen LogP) is 0.581. The van der Waals surface area contributed by atoms with Crippen LogP contribution in [0.25, 0.3) is 0 Å². The highest BCUT2D eigenvalue weighted by molar-refractivity contribution is 6.30. The summed E-state index contributed by atoms with van der Waals surface area (Å²) in [6, 6.07) is 3.22. The maximum Gasteiger partial charge on any atom is 0.272 e. The normalized spacial score (nSPS) is 15.9. The smallest absolute Gasteiger partial charge is 0.272 e. The van der Waals surface area contributed by atoms with Gasteiger partial charge < -0.3 is 9.80 Å². The Kier molecular flexibility index (Phi) is 5.14. The number of rotatable bonds is 3. The molecule has 2 amide bonds. The third-order valence-electron chi connectivity index (χ3n) is 3.46. The van der Waals surface area contributed by atoms with Crippen molar-refractivity contribution in [1.29, 1.82) is 0 Å². The Morgan fingerprint density at radius 3 is 2.52 bits per heavy atom. The number of carbonyl (C=O) groups is 2. The summed E-state index contributed by atoms with van der Waals surface area (Å²) in [4.78, 5) is 33.4. The zero-order chi connectivity index (χ0) is 15.4. The van der Waals surface area contributed by atoms with Crippen LogP contribution in [-0.4, -0.2) is 78.3 Å². The van der Waals surface area contributed by atoms with E-state index in [4.69, 9.17) is 11.6 Å². The molecule has 0 aromatic carbocycles. The van der Waals surface area contributed by atoms with E-state index in [0.29, 0.717) is 43.4 Å². The number of amides is 2. The van der Waals surface area contributed by atoms with Crippen LogP contribution < -0.4 is 0 Å². The Morgan fingerprint density at radius 2 is 1.95 bits per heavy atom. The lowest BCUT2D eigenvalue weighted by atomic mass is 10.2. The summed E-state index contributed by atoms with van der Waals surface area (Å²) in [5.74, 6) is -0.0395. The average molecular weight is 311 g/mol. The van der Waals surface area contributed by atoms with Crippen LogP contribution in [0.3, 0.4) is 0 Å². The predicted molar refractivity (Wildman–Crippen MR) is 80.3 cm³/mol.